The fraction of sp³-hybridized carbons (Fsp3) is 0.571. The summed E-state index contributed by atoms with van der Waals surface area (Å²) < 4.78 is -0.204. The molecule has 1 rings (SSSR count). The van der Waals surface area contributed by atoms with Gasteiger partial charge < -0.3 is 19.8 Å². The molecule has 0 aromatic heterocycles. The summed E-state index contributed by atoms with van der Waals surface area (Å²) in [5, 5.41) is 20.7. The predicted octanol–water partition coefficient (Wildman–Crippen LogP) is -9.65. The van der Waals surface area contributed by atoms with Crippen LogP contribution >= 0.6 is 0 Å². The predicted molar refractivity (Wildman–Crippen MR) is 38.2 cm³/mol. The number of carbonyl (C=O) groups is 2. The van der Waals surface area contributed by atoms with E-state index in [1.54, 1.807) is 0 Å². The molecule has 0 saturated heterocycles. The van der Waals surface area contributed by atoms with E-state index in [0.717, 1.165) is 0 Å². The Kier molecular flexibility index (Phi) is 9.31. The third kappa shape index (κ3) is 6.01. The first-order valence-electron chi connectivity index (χ1n) is 3.80. The molecule has 0 unspecified atom stereocenters. The largest absolute Gasteiger partial charge is 1.00 e. The van der Waals surface area contributed by atoms with Gasteiger partial charge in [-0.05, 0) is 0 Å². The van der Waals surface area contributed by atoms with Gasteiger partial charge in [-0.3, -0.25) is 4.48 Å². The standard InChI is InChI=1S/C7H10N2O4.2Na/c10-6(11)3-9(4-7(12)13)2-1-8-5-9;;/h5H,1-4H2,(H-,10,11,12,13);;/q;2*+1/p-1. The van der Waals surface area contributed by atoms with Gasteiger partial charge in [0, 0.05) is 0 Å². The van der Waals surface area contributed by atoms with Crippen LogP contribution in [-0.2, 0) is 9.59 Å². The van der Waals surface area contributed by atoms with Crippen LogP contribution in [0, 0.1) is 0 Å². The van der Waals surface area contributed by atoms with Gasteiger partial charge in [0.25, 0.3) is 0 Å². The van der Waals surface area contributed by atoms with Gasteiger partial charge in [-0.25, -0.2) is 4.99 Å². The van der Waals surface area contributed by atoms with Crippen molar-refractivity contribution in [1.82, 2.24) is 0 Å². The van der Waals surface area contributed by atoms with Crippen molar-refractivity contribution in [3.8, 4) is 0 Å². The van der Waals surface area contributed by atoms with Crippen molar-refractivity contribution in [2.75, 3.05) is 26.2 Å². The third-order valence-corrected chi connectivity index (χ3v) is 1.89. The summed E-state index contributed by atoms with van der Waals surface area (Å²) in [7, 11) is 0. The molecule has 1 aliphatic rings. The van der Waals surface area contributed by atoms with E-state index in [2.05, 4.69) is 4.99 Å². The Morgan fingerprint density at radius 2 is 1.67 bits per heavy atom. The summed E-state index contributed by atoms with van der Waals surface area (Å²) in [5.74, 6) is -2.57. The molecule has 0 saturated carbocycles. The van der Waals surface area contributed by atoms with Gasteiger partial charge in [0.15, 0.2) is 6.34 Å². The van der Waals surface area contributed by atoms with Crippen LogP contribution in [0.4, 0.5) is 0 Å². The Hall–Kier alpha value is 0.570. The van der Waals surface area contributed by atoms with Crippen molar-refractivity contribution >= 4 is 18.3 Å². The van der Waals surface area contributed by atoms with E-state index in [0.29, 0.717) is 13.1 Å². The number of hydrogen-bond acceptors (Lipinski definition) is 5. The van der Waals surface area contributed by atoms with Crippen LogP contribution in [0.1, 0.15) is 0 Å². The van der Waals surface area contributed by atoms with E-state index in [9.17, 15) is 19.8 Å². The first-order chi connectivity index (χ1) is 6.04. The quantitative estimate of drug-likeness (QED) is 0.355. The number of aliphatic imine (C=N–C) groups is 1. The van der Waals surface area contributed by atoms with Crippen molar-refractivity contribution in [1.29, 1.82) is 0 Å². The van der Waals surface area contributed by atoms with E-state index in [-0.39, 0.29) is 76.7 Å². The molecule has 0 aliphatic carbocycles. The molecule has 8 heteroatoms. The van der Waals surface area contributed by atoms with Gasteiger partial charge in [-0.15, -0.1) is 0 Å². The summed E-state index contributed by atoms with van der Waals surface area (Å²) in [6.45, 7) is 0.0947. The number of aliphatic carboxylic acids is 2. The minimum absolute atomic E-state index is 0. The summed E-state index contributed by atoms with van der Waals surface area (Å²) in [5.41, 5.74) is 0. The molecule has 0 aromatic rings. The summed E-state index contributed by atoms with van der Waals surface area (Å²) >= 11 is 0. The summed E-state index contributed by atoms with van der Waals surface area (Å²) in [6.07, 6.45) is 1.34. The second-order valence-corrected chi connectivity index (χ2v) is 3.02. The molecule has 0 radical (unpaired) electrons. The number of carboxylic acids is 2. The molecule has 0 fully saturated rings. The fourth-order valence-corrected chi connectivity index (χ4v) is 1.36. The first kappa shape index (κ1) is 17.9. The SMILES string of the molecule is O=C([O-])C[N+]1(CC(=O)[O-])C=NCC1.[Na+].[Na+]. The van der Waals surface area contributed by atoms with Gasteiger partial charge in [-0.1, -0.05) is 0 Å². The van der Waals surface area contributed by atoms with Gasteiger partial charge in [-0.2, -0.15) is 0 Å². The second kappa shape index (κ2) is 7.78. The Balaban J connectivity index is 0. The van der Waals surface area contributed by atoms with Crippen LogP contribution in [0.3, 0.4) is 0 Å². The maximum Gasteiger partial charge on any atom is 1.00 e. The molecular weight excluding hydrogens is 222 g/mol. The molecule has 0 bridgehead atoms. The van der Waals surface area contributed by atoms with Crippen molar-refractivity contribution in [2.45, 2.75) is 0 Å². The molecule has 0 spiro atoms. The Bertz CT molecular complexity index is 254. The summed E-state index contributed by atoms with van der Waals surface area (Å²) in [6, 6.07) is 0. The Morgan fingerprint density at radius 3 is 1.93 bits per heavy atom. The normalized spacial score (nSPS) is 16.3. The second-order valence-electron chi connectivity index (χ2n) is 3.02. The number of nitrogens with zero attached hydrogens (tertiary/aromatic N) is 2. The number of carboxylic acid groups (broad SMARTS) is 2. The average molecular weight is 231 g/mol. The minimum atomic E-state index is -1.28. The van der Waals surface area contributed by atoms with E-state index in [1.165, 1.54) is 6.34 Å². The Morgan fingerprint density at radius 1 is 1.20 bits per heavy atom. The number of hydrogen-bond donors (Lipinski definition) is 0. The topological polar surface area (TPSA) is 92.6 Å². The van der Waals surface area contributed by atoms with Crippen molar-refractivity contribution in [3.63, 3.8) is 0 Å². The minimum Gasteiger partial charge on any atom is -0.544 e. The van der Waals surface area contributed by atoms with Crippen LogP contribution in [0.2, 0.25) is 0 Å². The molecule has 1 aliphatic heterocycles. The molecular formula is C7H9N2Na2O4+. The zero-order valence-electron chi connectivity index (χ0n) is 8.93. The van der Waals surface area contributed by atoms with Gasteiger partial charge in [0.05, 0.1) is 18.5 Å². The van der Waals surface area contributed by atoms with Crippen molar-refractivity contribution in [2.24, 2.45) is 4.99 Å². The molecule has 1 heterocycles. The molecule has 15 heavy (non-hydrogen) atoms. The molecule has 0 amide bonds. The van der Waals surface area contributed by atoms with E-state index < -0.39 is 11.9 Å². The monoisotopic (exact) mass is 231 g/mol. The molecule has 72 valence electrons. The van der Waals surface area contributed by atoms with Crippen LogP contribution in [0.25, 0.3) is 0 Å². The zero-order valence-corrected chi connectivity index (χ0v) is 12.9. The van der Waals surface area contributed by atoms with Crippen molar-refractivity contribution in [3.05, 3.63) is 0 Å². The maximum atomic E-state index is 10.3. The van der Waals surface area contributed by atoms with Gasteiger partial charge in [0.2, 0.25) is 0 Å². The molecule has 0 N–H and O–H groups in total. The van der Waals surface area contributed by atoms with Crippen LogP contribution in [-0.4, -0.2) is 48.9 Å². The van der Waals surface area contributed by atoms with Gasteiger partial charge in [0.1, 0.15) is 19.6 Å². The number of carbonyl (C=O) groups excluding carboxylic acids is 2. The summed E-state index contributed by atoms with van der Waals surface area (Å²) in [4.78, 5) is 24.5. The molecule has 6 nitrogen and oxygen atoms in total. The molecule has 0 aromatic carbocycles. The number of quaternary nitrogens is 1. The smallest absolute Gasteiger partial charge is 0.544 e. The fourth-order valence-electron chi connectivity index (χ4n) is 1.36. The van der Waals surface area contributed by atoms with Gasteiger partial charge >= 0.3 is 59.1 Å². The van der Waals surface area contributed by atoms with Crippen LogP contribution in [0.15, 0.2) is 4.99 Å². The zero-order chi connectivity index (χ0) is 9.90. The van der Waals surface area contributed by atoms with E-state index >= 15 is 0 Å². The van der Waals surface area contributed by atoms with E-state index in [4.69, 9.17) is 0 Å². The average Bonchev–Trinajstić information content (AvgIpc) is 2.33. The first-order valence-corrected chi connectivity index (χ1v) is 3.80. The number of rotatable bonds is 4. The van der Waals surface area contributed by atoms with Crippen LogP contribution in [0.5, 0.6) is 0 Å². The third-order valence-electron chi connectivity index (χ3n) is 1.89. The van der Waals surface area contributed by atoms with Crippen LogP contribution < -0.4 is 69.3 Å². The molecule has 0 atom stereocenters. The Labute approximate surface area is 132 Å². The van der Waals surface area contributed by atoms with E-state index in [1.807, 2.05) is 0 Å². The van der Waals surface area contributed by atoms with Crippen molar-refractivity contribution < 1.29 is 83.4 Å². The maximum absolute atomic E-state index is 10.3.